The summed E-state index contributed by atoms with van der Waals surface area (Å²) in [6.45, 7) is 6.86. The first-order chi connectivity index (χ1) is 8.66. The van der Waals surface area contributed by atoms with Crippen molar-refractivity contribution in [2.75, 3.05) is 19.6 Å². The Kier molecular flexibility index (Phi) is 5.84. The van der Waals surface area contributed by atoms with Gasteiger partial charge in [0.05, 0.1) is 6.07 Å². The highest BCUT2D eigenvalue weighted by Crippen LogP contribution is 2.19. The molecule has 0 heterocycles. The molecule has 1 atom stereocenters. The minimum absolute atomic E-state index is 0.592. The molecule has 0 spiro atoms. The van der Waals surface area contributed by atoms with Gasteiger partial charge in [0, 0.05) is 6.54 Å². The van der Waals surface area contributed by atoms with Gasteiger partial charge in [0.15, 0.2) is 0 Å². The van der Waals surface area contributed by atoms with Crippen LogP contribution in [0.5, 0.6) is 0 Å². The van der Waals surface area contributed by atoms with Crippen LogP contribution >= 0.6 is 0 Å². The first kappa shape index (κ1) is 14.7. The summed E-state index contributed by atoms with van der Waals surface area (Å²) in [5.74, 6) is 0. The van der Waals surface area contributed by atoms with Crippen molar-refractivity contribution in [3.05, 3.63) is 35.9 Å². The van der Waals surface area contributed by atoms with E-state index >= 15 is 0 Å². The minimum Gasteiger partial charge on any atom is -0.309 e. The Balaban J connectivity index is 2.85. The fraction of sp³-hybridized carbons (Fsp3) is 0.533. The van der Waals surface area contributed by atoms with E-state index in [0.717, 1.165) is 31.5 Å². The lowest BCUT2D eigenvalue weighted by Gasteiger charge is -2.30. The van der Waals surface area contributed by atoms with Crippen molar-refractivity contribution in [1.82, 2.24) is 4.90 Å². The van der Waals surface area contributed by atoms with Crippen LogP contribution in [0.4, 0.5) is 0 Å². The van der Waals surface area contributed by atoms with Crippen molar-refractivity contribution < 1.29 is 0 Å². The quantitative estimate of drug-likeness (QED) is 0.803. The second-order valence-electron chi connectivity index (χ2n) is 4.73. The molecule has 0 aliphatic heterocycles. The van der Waals surface area contributed by atoms with Crippen LogP contribution < -0.4 is 5.73 Å². The van der Waals surface area contributed by atoms with E-state index in [9.17, 15) is 5.26 Å². The summed E-state index contributed by atoms with van der Waals surface area (Å²) in [6.07, 6.45) is 2.16. The second-order valence-corrected chi connectivity index (χ2v) is 4.73. The molecule has 0 saturated carbocycles. The molecule has 3 heteroatoms. The van der Waals surface area contributed by atoms with Gasteiger partial charge in [-0.15, -0.1) is 0 Å². The predicted octanol–water partition coefficient (Wildman–Crippen LogP) is 2.49. The molecular formula is C15H23N3. The van der Waals surface area contributed by atoms with Gasteiger partial charge in [-0.25, -0.2) is 0 Å². The van der Waals surface area contributed by atoms with Crippen LogP contribution in [0.1, 0.15) is 32.3 Å². The number of nitrogens with zero attached hydrogens (tertiary/aromatic N) is 2. The third-order valence-corrected chi connectivity index (χ3v) is 3.04. The van der Waals surface area contributed by atoms with Gasteiger partial charge in [0.2, 0.25) is 0 Å². The molecule has 1 rings (SSSR count). The molecule has 0 radical (unpaired) electrons. The van der Waals surface area contributed by atoms with Crippen molar-refractivity contribution in [3.63, 3.8) is 0 Å². The number of hydrogen-bond donors (Lipinski definition) is 1. The van der Waals surface area contributed by atoms with Crippen molar-refractivity contribution in [2.24, 2.45) is 5.73 Å². The van der Waals surface area contributed by atoms with E-state index in [1.54, 1.807) is 0 Å². The average molecular weight is 245 g/mol. The topological polar surface area (TPSA) is 53.0 Å². The number of hydrogen-bond acceptors (Lipinski definition) is 3. The molecule has 2 N–H and O–H groups in total. The summed E-state index contributed by atoms with van der Waals surface area (Å²) in [5, 5.41) is 9.42. The van der Waals surface area contributed by atoms with Gasteiger partial charge in [0.1, 0.15) is 5.54 Å². The SMILES string of the molecule is CCCN(CCC)CC(N)(C#N)c1ccccc1. The molecule has 0 saturated heterocycles. The van der Waals surface area contributed by atoms with Gasteiger partial charge in [-0.2, -0.15) is 5.26 Å². The Bertz CT molecular complexity index is 376. The molecule has 1 aromatic rings. The van der Waals surface area contributed by atoms with E-state index in [2.05, 4.69) is 24.8 Å². The van der Waals surface area contributed by atoms with E-state index in [1.807, 2.05) is 30.3 Å². The van der Waals surface area contributed by atoms with Gasteiger partial charge in [-0.05, 0) is 31.5 Å². The summed E-state index contributed by atoms with van der Waals surface area (Å²) in [6, 6.07) is 11.9. The lowest BCUT2D eigenvalue weighted by atomic mass is 9.92. The molecule has 1 unspecified atom stereocenters. The first-order valence-electron chi connectivity index (χ1n) is 6.64. The highest BCUT2D eigenvalue weighted by atomic mass is 15.1. The van der Waals surface area contributed by atoms with Crippen LogP contribution in [0.25, 0.3) is 0 Å². The van der Waals surface area contributed by atoms with Crippen LogP contribution in [0.3, 0.4) is 0 Å². The fourth-order valence-corrected chi connectivity index (χ4v) is 2.18. The molecule has 0 aromatic heterocycles. The average Bonchev–Trinajstić information content (AvgIpc) is 2.40. The van der Waals surface area contributed by atoms with Crippen molar-refractivity contribution >= 4 is 0 Å². The Morgan fingerprint density at radius 3 is 2.17 bits per heavy atom. The zero-order valence-electron chi connectivity index (χ0n) is 11.4. The number of nitriles is 1. The fourth-order valence-electron chi connectivity index (χ4n) is 2.18. The summed E-state index contributed by atoms with van der Waals surface area (Å²) in [7, 11) is 0. The molecule has 18 heavy (non-hydrogen) atoms. The maximum Gasteiger partial charge on any atom is 0.142 e. The van der Waals surface area contributed by atoms with Crippen LogP contribution in [-0.4, -0.2) is 24.5 Å². The lowest BCUT2D eigenvalue weighted by Crippen LogP contribution is -2.47. The van der Waals surface area contributed by atoms with Gasteiger partial charge in [0.25, 0.3) is 0 Å². The van der Waals surface area contributed by atoms with Crippen LogP contribution in [0.15, 0.2) is 30.3 Å². The largest absolute Gasteiger partial charge is 0.309 e. The summed E-state index contributed by atoms with van der Waals surface area (Å²) < 4.78 is 0. The number of benzene rings is 1. The van der Waals surface area contributed by atoms with Crippen molar-refractivity contribution in [1.29, 1.82) is 5.26 Å². The molecule has 3 nitrogen and oxygen atoms in total. The van der Waals surface area contributed by atoms with E-state index in [0.29, 0.717) is 6.54 Å². The molecule has 98 valence electrons. The van der Waals surface area contributed by atoms with E-state index in [-0.39, 0.29) is 0 Å². The Hall–Kier alpha value is -1.37. The summed E-state index contributed by atoms with van der Waals surface area (Å²) in [4.78, 5) is 2.27. The highest BCUT2D eigenvalue weighted by Gasteiger charge is 2.29. The van der Waals surface area contributed by atoms with E-state index in [4.69, 9.17) is 5.73 Å². The smallest absolute Gasteiger partial charge is 0.142 e. The first-order valence-corrected chi connectivity index (χ1v) is 6.64. The maximum absolute atomic E-state index is 9.42. The van der Waals surface area contributed by atoms with E-state index in [1.165, 1.54) is 0 Å². The molecule has 0 amide bonds. The lowest BCUT2D eigenvalue weighted by molar-refractivity contribution is 0.234. The molecule has 0 fully saturated rings. The van der Waals surface area contributed by atoms with Crippen molar-refractivity contribution in [2.45, 2.75) is 32.2 Å². The molecule has 0 aliphatic rings. The van der Waals surface area contributed by atoms with Gasteiger partial charge < -0.3 is 10.6 Å². The zero-order chi connectivity index (χ0) is 13.4. The standard InChI is InChI=1S/C15H23N3/c1-3-10-18(11-4-2)13-15(17,12-16)14-8-6-5-7-9-14/h5-9H,3-4,10-11,13,17H2,1-2H3. The minimum atomic E-state index is -0.911. The monoisotopic (exact) mass is 245 g/mol. The second kappa shape index (κ2) is 7.15. The highest BCUT2D eigenvalue weighted by molar-refractivity contribution is 5.31. The van der Waals surface area contributed by atoms with Gasteiger partial charge in [-0.3, -0.25) is 0 Å². The van der Waals surface area contributed by atoms with Gasteiger partial charge in [-0.1, -0.05) is 44.2 Å². The Morgan fingerprint density at radius 1 is 1.17 bits per heavy atom. The molecule has 0 aliphatic carbocycles. The predicted molar refractivity (Wildman–Crippen MR) is 74.9 cm³/mol. The summed E-state index contributed by atoms with van der Waals surface area (Å²) >= 11 is 0. The normalized spacial score (nSPS) is 14.2. The van der Waals surface area contributed by atoms with Crippen molar-refractivity contribution in [3.8, 4) is 6.07 Å². The molecular weight excluding hydrogens is 222 g/mol. The molecule has 0 bridgehead atoms. The van der Waals surface area contributed by atoms with Crippen LogP contribution in [-0.2, 0) is 5.54 Å². The third-order valence-electron chi connectivity index (χ3n) is 3.04. The van der Waals surface area contributed by atoms with Crippen LogP contribution in [0.2, 0.25) is 0 Å². The third kappa shape index (κ3) is 3.83. The Morgan fingerprint density at radius 2 is 1.72 bits per heavy atom. The molecule has 1 aromatic carbocycles. The number of nitrogens with two attached hydrogens (primary N) is 1. The van der Waals surface area contributed by atoms with Gasteiger partial charge >= 0.3 is 0 Å². The van der Waals surface area contributed by atoms with E-state index < -0.39 is 5.54 Å². The Labute approximate surface area is 110 Å². The maximum atomic E-state index is 9.42. The summed E-state index contributed by atoms with van der Waals surface area (Å²) in [5.41, 5.74) is 6.26. The number of rotatable bonds is 7. The zero-order valence-corrected chi connectivity index (χ0v) is 11.4. The van der Waals surface area contributed by atoms with Crippen LogP contribution in [0, 0.1) is 11.3 Å².